The smallest absolute Gasteiger partial charge is 0.115 e. The van der Waals surface area contributed by atoms with Crippen LogP contribution in [0.15, 0.2) is 29.3 Å². The van der Waals surface area contributed by atoms with E-state index in [1.54, 1.807) is 12.1 Å². The zero-order valence-corrected chi connectivity index (χ0v) is 8.28. The maximum Gasteiger partial charge on any atom is 0.115 e. The second kappa shape index (κ2) is 3.60. The number of hydrogen-bond acceptors (Lipinski definition) is 2. The Labute approximate surface area is 78.9 Å². The van der Waals surface area contributed by atoms with Gasteiger partial charge < -0.3 is 5.11 Å². The van der Waals surface area contributed by atoms with Gasteiger partial charge in [0.15, 0.2) is 0 Å². The molecule has 0 aliphatic heterocycles. The lowest BCUT2D eigenvalue weighted by Crippen LogP contribution is -2.09. The van der Waals surface area contributed by atoms with E-state index in [2.05, 4.69) is 4.99 Å². The van der Waals surface area contributed by atoms with Gasteiger partial charge in [-0.2, -0.15) is 0 Å². The molecular weight excluding hydrogens is 162 g/mol. The van der Waals surface area contributed by atoms with Gasteiger partial charge in [0.05, 0.1) is 5.54 Å². The molecule has 1 N–H and O–H groups in total. The first kappa shape index (κ1) is 9.78. The fraction of sp³-hybridized carbons (Fsp3) is 0.364. The highest BCUT2D eigenvalue weighted by Gasteiger charge is 2.04. The van der Waals surface area contributed by atoms with Crippen LogP contribution in [0.3, 0.4) is 0 Å². The van der Waals surface area contributed by atoms with Crippen LogP contribution in [0, 0.1) is 0 Å². The van der Waals surface area contributed by atoms with Crippen LogP contribution in [-0.2, 0) is 0 Å². The minimum absolute atomic E-state index is 0.0438. The van der Waals surface area contributed by atoms with Crippen molar-refractivity contribution in [3.05, 3.63) is 29.8 Å². The van der Waals surface area contributed by atoms with Crippen molar-refractivity contribution in [2.45, 2.75) is 26.3 Å². The highest BCUT2D eigenvalue weighted by Crippen LogP contribution is 2.10. The van der Waals surface area contributed by atoms with Gasteiger partial charge in [-0.15, -0.1) is 0 Å². The Hall–Kier alpha value is -1.31. The first-order valence-electron chi connectivity index (χ1n) is 4.32. The summed E-state index contributed by atoms with van der Waals surface area (Å²) < 4.78 is 0. The SMILES string of the molecule is CC(C)(C)N=Cc1ccc(O)cc1. The fourth-order valence-electron chi connectivity index (χ4n) is 0.829. The normalized spacial score (nSPS) is 12.2. The van der Waals surface area contributed by atoms with Gasteiger partial charge in [-0.1, -0.05) is 0 Å². The van der Waals surface area contributed by atoms with E-state index >= 15 is 0 Å². The van der Waals surface area contributed by atoms with E-state index < -0.39 is 0 Å². The van der Waals surface area contributed by atoms with Crippen LogP contribution in [0.1, 0.15) is 26.3 Å². The third kappa shape index (κ3) is 3.74. The number of hydrogen-bond donors (Lipinski definition) is 1. The lowest BCUT2D eigenvalue weighted by molar-refractivity contribution is 0.475. The molecule has 0 saturated heterocycles. The third-order valence-electron chi connectivity index (χ3n) is 1.49. The summed E-state index contributed by atoms with van der Waals surface area (Å²) in [6.07, 6.45) is 1.82. The van der Waals surface area contributed by atoms with E-state index in [1.165, 1.54) is 0 Å². The van der Waals surface area contributed by atoms with Gasteiger partial charge in [-0.25, -0.2) is 0 Å². The molecule has 2 heteroatoms. The van der Waals surface area contributed by atoms with E-state index in [0.717, 1.165) is 5.56 Å². The van der Waals surface area contributed by atoms with Crippen molar-refractivity contribution in [2.75, 3.05) is 0 Å². The van der Waals surface area contributed by atoms with Gasteiger partial charge in [0.25, 0.3) is 0 Å². The average Bonchev–Trinajstić information content (AvgIpc) is 2.02. The maximum atomic E-state index is 9.04. The highest BCUT2D eigenvalue weighted by atomic mass is 16.3. The van der Waals surface area contributed by atoms with E-state index in [1.807, 2.05) is 39.1 Å². The lowest BCUT2D eigenvalue weighted by atomic mass is 10.1. The minimum Gasteiger partial charge on any atom is -0.508 e. The van der Waals surface area contributed by atoms with Crippen LogP contribution >= 0.6 is 0 Å². The predicted molar refractivity (Wildman–Crippen MR) is 55.5 cm³/mol. The van der Waals surface area contributed by atoms with Crippen LogP contribution in [0.2, 0.25) is 0 Å². The molecule has 1 aromatic rings. The molecule has 0 aromatic heterocycles. The molecule has 0 spiro atoms. The number of benzene rings is 1. The summed E-state index contributed by atoms with van der Waals surface area (Å²) in [7, 11) is 0. The Morgan fingerprint density at radius 2 is 1.69 bits per heavy atom. The molecule has 0 aliphatic carbocycles. The van der Waals surface area contributed by atoms with Crippen molar-refractivity contribution < 1.29 is 5.11 Å². The summed E-state index contributed by atoms with van der Waals surface area (Å²) in [6.45, 7) is 6.14. The van der Waals surface area contributed by atoms with E-state index in [4.69, 9.17) is 5.11 Å². The molecule has 0 amide bonds. The van der Waals surface area contributed by atoms with Crippen LogP contribution in [0.25, 0.3) is 0 Å². The van der Waals surface area contributed by atoms with Gasteiger partial charge in [0, 0.05) is 6.21 Å². The quantitative estimate of drug-likeness (QED) is 0.657. The molecule has 1 rings (SSSR count). The Bertz CT molecular complexity index is 293. The first-order valence-corrected chi connectivity index (χ1v) is 4.32. The lowest BCUT2D eigenvalue weighted by Gasteiger charge is -2.10. The maximum absolute atomic E-state index is 9.04. The van der Waals surface area contributed by atoms with Crippen molar-refractivity contribution in [3.8, 4) is 5.75 Å². The van der Waals surface area contributed by atoms with E-state index in [9.17, 15) is 0 Å². The Kier molecular flexibility index (Phi) is 2.71. The van der Waals surface area contributed by atoms with Gasteiger partial charge in [0.2, 0.25) is 0 Å². The zero-order chi connectivity index (χ0) is 9.90. The summed E-state index contributed by atoms with van der Waals surface area (Å²) in [6, 6.07) is 6.99. The van der Waals surface area contributed by atoms with Crippen LogP contribution in [0.5, 0.6) is 5.75 Å². The van der Waals surface area contributed by atoms with Gasteiger partial charge in [0.1, 0.15) is 5.75 Å². The van der Waals surface area contributed by atoms with Crippen molar-refractivity contribution in [1.29, 1.82) is 0 Å². The predicted octanol–water partition coefficient (Wildman–Crippen LogP) is 2.61. The zero-order valence-electron chi connectivity index (χ0n) is 8.28. The molecule has 0 radical (unpaired) electrons. The molecule has 0 atom stereocenters. The van der Waals surface area contributed by atoms with Crippen molar-refractivity contribution >= 4 is 6.21 Å². The standard InChI is InChI=1S/C11H15NO/c1-11(2,3)12-8-9-4-6-10(13)7-5-9/h4-8,13H,1-3H3. The van der Waals surface area contributed by atoms with Crippen molar-refractivity contribution in [2.24, 2.45) is 4.99 Å². The Balaban J connectivity index is 2.75. The molecule has 13 heavy (non-hydrogen) atoms. The number of phenolic OH excluding ortho intramolecular Hbond substituents is 1. The van der Waals surface area contributed by atoms with Crippen molar-refractivity contribution in [1.82, 2.24) is 0 Å². The molecule has 0 heterocycles. The molecule has 0 bridgehead atoms. The Morgan fingerprint density at radius 1 is 1.15 bits per heavy atom. The molecule has 1 aromatic carbocycles. The number of aliphatic imine (C=N–C) groups is 1. The molecule has 0 unspecified atom stereocenters. The van der Waals surface area contributed by atoms with Crippen molar-refractivity contribution in [3.63, 3.8) is 0 Å². The average molecular weight is 177 g/mol. The number of aromatic hydroxyl groups is 1. The molecule has 0 fully saturated rings. The largest absolute Gasteiger partial charge is 0.508 e. The number of phenols is 1. The Morgan fingerprint density at radius 3 is 2.15 bits per heavy atom. The van der Waals surface area contributed by atoms with E-state index in [0.29, 0.717) is 0 Å². The molecule has 0 saturated carbocycles. The number of rotatable bonds is 1. The molecule has 70 valence electrons. The van der Waals surface area contributed by atoms with Crippen LogP contribution in [0.4, 0.5) is 0 Å². The van der Waals surface area contributed by atoms with Crippen LogP contribution in [-0.4, -0.2) is 16.9 Å². The summed E-state index contributed by atoms with van der Waals surface area (Å²) >= 11 is 0. The fourth-order valence-corrected chi connectivity index (χ4v) is 0.829. The summed E-state index contributed by atoms with van der Waals surface area (Å²) in [5, 5.41) is 9.04. The van der Waals surface area contributed by atoms with Crippen LogP contribution < -0.4 is 0 Å². The summed E-state index contributed by atoms with van der Waals surface area (Å²) in [5.41, 5.74) is 0.963. The summed E-state index contributed by atoms with van der Waals surface area (Å²) in [5.74, 6) is 0.285. The second-order valence-electron chi connectivity index (χ2n) is 4.02. The topological polar surface area (TPSA) is 32.6 Å². The molecular formula is C11H15NO. The third-order valence-corrected chi connectivity index (χ3v) is 1.49. The first-order chi connectivity index (χ1) is 5.97. The minimum atomic E-state index is -0.0438. The van der Waals surface area contributed by atoms with Gasteiger partial charge in [-0.3, -0.25) is 4.99 Å². The van der Waals surface area contributed by atoms with Gasteiger partial charge in [-0.05, 0) is 50.6 Å². The second-order valence-corrected chi connectivity index (χ2v) is 4.02. The number of nitrogens with zero attached hydrogens (tertiary/aromatic N) is 1. The molecule has 2 nitrogen and oxygen atoms in total. The van der Waals surface area contributed by atoms with E-state index in [-0.39, 0.29) is 11.3 Å². The monoisotopic (exact) mass is 177 g/mol. The van der Waals surface area contributed by atoms with Gasteiger partial charge >= 0.3 is 0 Å². The highest BCUT2D eigenvalue weighted by molar-refractivity contribution is 5.80. The summed E-state index contributed by atoms with van der Waals surface area (Å²) in [4.78, 5) is 4.35. The molecule has 0 aliphatic rings.